The number of amides is 2. The Kier molecular flexibility index (Phi) is 8.20. The number of rotatable bonds is 8. The Morgan fingerprint density at radius 1 is 1.06 bits per heavy atom. The molecule has 0 fully saturated rings. The van der Waals surface area contributed by atoms with Crippen LogP contribution in [0.4, 0.5) is 10.5 Å². The highest BCUT2D eigenvalue weighted by molar-refractivity contribution is 5.96. The van der Waals surface area contributed by atoms with E-state index in [9.17, 15) is 9.59 Å². The molecule has 0 saturated heterocycles. The molecule has 0 saturated carbocycles. The van der Waals surface area contributed by atoms with Crippen LogP contribution in [-0.4, -0.2) is 43.8 Å². The van der Waals surface area contributed by atoms with Crippen LogP contribution in [0.1, 0.15) is 57.2 Å². The highest BCUT2D eigenvalue weighted by atomic mass is 16.6. The fraction of sp³-hybridized carbons (Fsp3) is 0.462. The van der Waals surface area contributed by atoms with Crippen molar-refractivity contribution in [3.63, 3.8) is 0 Å². The Morgan fingerprint density at radius 3 is 2.33 bits per heavy atom. The fourth-order valence-corrected chi connectivity index (χ4v) is 4.45. The first-order chi connectivity index (χ1) is 15.9. The topological polar surface area (TPSA) is 68.3 Å². The first-order valence-electron chi connectivity index (χ1n) is 11.5. The molecule has 1 heterocycles. The molecule has 2 atom stereocenters. The third-order valence-electron chi connectivity index (χ3n) is 5.96. The zero-order chi connectivity index (χ0) is 24.0. The van der Waals surface area contributed by atoms with Gasteiger partial charge in [0, 0.05) is 30.6 Å². The maximum atomic E-state index is 13.1. The number of anilines is 1. The van der Waals surface area contributed by atoms with E-state index in [0.29, 0.717) is 30.9 Å². The summed E-state index contributed by atoms with van der Waals surface area (Å²) in [5.74, 6) is 1.16. The lowest BCUT2D eigenvalue weighted by atomic mass is 9.89. The number of carbonyl (C=O) groups excluding carboxylic acids is 2. The molecule has 2 aromatic rings. The first-order valence-corrected chi connectivity index (χ1v) is 11.5. The molecule has 2 aromatic carbocycles. The molecule has 3 rings (SSSR count). The molecule has 0 bridgehead atoms. The van der Waals surface area contributed by atoms with Gasteiger partial charge in [-0.15, -0.1) is 0 Å². The Balaban J connectivity index is 2.14. The summed E-state index contributed by atoms with van der Waals surface area (Å²) in [6, 6.07) is 13.2. The second-order valence-corrected chi connectivity index (χ2v) is 8.19. The molecule has 1 aliphatic heterocycles. The molecule has 33 heavy (non-hydrogen) atoms. The molecule has 2 unspecified atom stereocenters. The third kappa shape index (κ3) is 5.24. The minimum Gasteiger partial charge on any atom is -0.493 e. The van der Waals surface area contributed by atoms with Gasteiger partial charge >= 0.3 is 6.09 Å². The fourth-order valence-electron chi connectivity index (χ4n) is 4.45. The summed E-state index contributed by atoms with van der Waals surface area (Å²) in [6.07, 6.45) is 1.42. The van der Waals surface area contributed by atoms with Crippen LogP contribution in [0.25, 0.3) is 0 Å². The van der Waals surface area contributed by atoms with Crippen LogP contribution in [-0.2, 0) is 16.1 Å². The predicted molar refractivity (Wildman–Crippen MR) is 128 cm³/mol. The summed E-state index contributed by atoms with van der Waals surface area (Å²) in [7, 11) is 3.16. The number of nitrogens with zero attached hydrogens (tertiary/aromatic N) is 2. The van der Waals surface area contributed by atoms with Crippen molar-refractivity contribution in [1.82, 2.24) is 4.90 Å². The van der Waals surface area contributed by atoms with E-state index >= 15 is 0 Å². The summed E-state index contributed by atoms with van der Waals surface area (Å²) in [4.78, 5) is 29.8. The molecule has 0 N–H and O–H groups in total. The van der Waals surface area contributed by atoms with Crippen LogP contribution < -0.4 is 14.4 Å². The van der Waals surface area contributed by atoms with Crippen molar-refractivity contribution in [2.24, 2.45) is 0 Å². The summed E-state index contributed by atoms with van der Waals surface area (Å²) < 4.78 is 16.5. The van der Waals surface area contributed by atoms with Gasteiger partial charge < -0.3 is 19.1 Å². The number of hydrogen-bond acceptors (Lipinski definition) is 5. The van der Waals surface area contributed by atoms with E-state index in [0.717, 1.165) is 23.2 Å². The predicted octanol–water partition coefficient (Wildman–Crippen LogP) is 5.33. The monoisotopic (exact) mass is 454 g/mol. The minimum absolute atomic E-state index is 0.0580. The van der Waals surface area contributed by atoms with E-state index in [1.165, 1.54) is 0 Å². The van der Waals surface area contributed by atoms with E-state index in [2.05, 4.69) is 0 Å². The van der Waals surface area contributed by atoms with E-state index in [1.807, 2.05) is 61.2 Å². The van der Waals surface area contributed by atoms with Gasteiger partial charge in [0.1, 0.15) is 0 Å². The number of ether oxygens (including phenoxy) is 3. The quantitative estimate of drug-likeness (QED) is 0.539. The van der Waals surface area contributed by atoms with Crippen molar-refractivity contribution in [2.75, 3.05) is 25.7 Å². The standard InChI is InChI=1S/C26H34N2O5/c1-6-11-25(29)28-18(3)14-21(20-15-23(31-4)24(32-5)16-22(20)28)27(26(30)33-7-2)17-19-12-9-8-10-13-19/h8-10,12-13,15-16,18,21H,6-7,11,14,17H2,1-5H3. The van der Waals surface area contributed by atoms with Crippen LogP contribution in [0.5, 0.6) is 11.5 Å². The average Bonchev–Trinajstić information content (AvgIpc) is 2.82. The highest BCUT2D eigenvalue weighted by Gasteiger charge is 2.39. The normalized spacial score (nSPS) is 17.2. The van der Waals surface area contributed by atoms with Crippen LogP contribution in [0.3, 0.4) is 0 Å². The average molecular weight is 455 g/mol. The van der Waals surface area contributed by atoms with Crippen LogP contribution in [0, 0.1) is 0 Å². The highest BCUT2D eigenvalue weighted by Crippen LogP contribution is 2.46. The van der Waals surface area contributed by atoms with Crippen LogP contribution in [0.2, 0.25) is 0 Å². The maximum Gasteiger partial charge on any atom is 0.410 e. The van der Waals surface area contributed by atoms with E-state index in [1.54, 1.807) is 26.0 Å². The van der Waals surface area contributed by atoms with E-state index in [4.69, 9.17) is 14.2 Å². The molecular formula is C26H34N2O5. The number of benzene rings is 2. The lowest BCUT2D eigenvalue weighted by Gasteiger charge is -2.43. The minimum atomic E-state index is -0.382. The van der Waals surface area contributed by atoms with Gasteiger partial charge in [0.2, 0.25) is 5.91 Å². The van der Waals surface area contributed by atoms with Gasteiger partial charge in [-0.25, -0.2) is 4.79 Å². The second kappa shape index (κ2) is 11.1. The molecule has 0 aliphatic carbocycles. The molecule has 178 valence electrons. The smallest absolute Gasteiger partial charge is 0.410 e. The Labute approximate surface area is 196 Å². The number of carbonyl (C=O) groups is 2. The van der Waals surface area contributed by atoms with E-state index < -0.39 is 0 Å². The number of hydrogen-bond donors (Lipinski definition) is 0. The Bertz CT molecular complexity index is 963. The molecule has 2 amide bonds. The molecule has 7 nitrogen and oxygen atoms in total. The number of fused-ring (bicyclic) bond motifs is 1. The summed E-state index contributed by atoms with van der Waals surface area (Å²) in [5.41, 5.74) is 2.60. The van der Waals surface area contributed by atoms with Gasteiger partial charge in [-0.1, -0.05) is 37.3 Å². The van der Waals surface area contributed by atoms with Gasteiger partial charge in [-0.05, 0) is 38.3 Å². The van der Waals surface area contributed by atoms with Gasteiger partial charge in [0.25, 0.3) is 0 Å². The molecule has 0 radical (unpaired) electrons. The van der Waals surface area contributed by atoms with Crippen molar-refractivity contribution in [3.8, 4) is 11.5 Å². The molecule has 7 heteroatoms. The molecular weight excluding hydrogens is 420 g/mol. The SMILES string of the molecule is CCCC(=O)N1c2cc(OC)c(OC)cc2C(N(Cc2ccccc2)C(=O)OCC)CC1C. The largest absolute Gasteiger partial charge is 0.493 e. The van der Waals surface area contributed by atoms with E-state index in [-0.39, 0.29) is 30.7 Å². The van der Waals surface area contributed by atoms with Crippen LogP contribution >= 0.6 is 0 Å². The van der Waals surface area contributed by atoms with Crippen molar-refractivity contribution < 1.29 is 23.8 Å². The molecule has 0 aromatic heterocycles. The second-order valence-electron chi connectivity index (χ2n) is 8.19. The van der Waals surface area contributed by atoms with Crippen molar-refractivity contribution in [3.05, 3.63) is 53.6 Å². The van der Waals surface area contributed by atoms with Crippen molar-refractivity contribution in [1.29, 1.82) is 0 Å². The summed E-state index contributed by atoms with van der Waals surface area (Å²) >= 11 is 0. The number of methoxy groups -OCH3 is 2. The first kappa shape index (κ1) is 24.4. The summed E-state index contributed by atoms with van der Waals surface area (Å²) in [6.45, 7) is 6.49. The lowest BCUT2D eigenvalue weighted by Crippen LogP contribution is -2.47. The molecule has 1 aliphatic rings. The van der Waals surface area contributed by atoms with Gasteiger partial charge in [-0.2, -0.15) is 0 Å². The third-order valence-corrected chi connectivity index (χ3v) is 5.96. The zero-order valence-electron chi connectivity index (χ0n) is 20.2. The Hall–Kier alpha value is -3.22. The van der Waals surface area contributed by atoms with Gasteiger partial charge in [0.05, 0.1) is 32.6 Å². The van der Waals surface area contributed by atoms with Crippen LogP contribution in [0.15, 0.2) is 42.5 Å². The lowest BCUT2D eigenvalue weighted by molar-refractivity contribution is -0.119. The van der Waals surface area contributed by atoms with Crippen molar-refractivity contribution >= 4 is 17.7 Å². The van der Waals surface area contributed by atoms with Gasteiger partial charge in [0.15, 0.2) is 11.5 Å². The maximum absolute atomic E-state index is 13.1. The summed E-state index contributed by atoms with van der Waals surface area (Å²) in [5, 5.41) is 0. The zero-order valence-corrected chi connectivity index (χ0v) is 20.2. The van der Waals surface area contributed by atoms with Crippen molar-refractivity contribution in [2.45, 2.75) is 58.7 Å². The van der Waals surface area contributed by atoms with Gasteiger partial charge in [-0.3, -0.25) is 9.69 Å². The molecule has 0 spiro atoms. The Morgan fingerprint density at radius 2 is 1.73 bits per heavy atom.